The summed E-state index contributed by atoms with van der Waals surface area (Å²) >= 11 is 0. The van der Waals surface area contributed by atoms with Gasteiger partial charge in [0.1, 0.15) is 11.5 Å². The fraction of sp³-hybridized carbons (Fsp3) is 0.357. The van der Waals surface area contributed by atoms with Gasteiger partial charge in [0, 0.05) is 18.2 Å². The number of hydrogen-bond acceptors (Lipinski definition) is 3. The molecule has 1 aromatic carbocycles. The van der Waals surface area contributed by atoms with Crippen LogP contribution in [0.2, 0.25) is 0 Å². The summed E-state index contributed by atoms with van der Waals surface area (Å²) in [6.45, 7) is 2.61. The van der Waals surface area contributed by atoms with E-state index in [1.165, 1.54) is 18.9 Å². The lowest BCUT2D eigenvalue weighted by molar-refractivity contribution is 0.417. The molecular weight excluding hydrogens is 231 g/mol. The number of aromatic nitrogens is 1. The summed E-state index contributed by atoms with van der Waals surface area (Å²) in [4.78, 5) is 0. The highest BCUT2D eigenvalue weighted by Gasteiger charge is 2.22. The van der Waals surface area contributed by atoms with Crippen LogP contribution in [0.25, 0.3) is 11.3 Å². The Bertz CT molecular complexity index is 561. The normalized spacial score (nSPS) is 15.0. The SMILES string of the molecule is Cc1c(CNC2CC2)noc1-c1ccccc1F. The zero-order chi connectivity index (χ0) is 12.5. The standard InChI is InChI=1S/C14H15FN2O/c1-9-13(8-16-10-6-7-10)17-18-14(9)11-4-2-3-5-12(11)15/h2-5,10,16H,6-8H2,1H3. The highest BCUT2D eigenvalue weighted by Crippen LogP contribution is 2.28. The molecular formula is C14H15FN2O. The van der Waals surface area contributed by atoms with Crippen molar-refractivity contribution in [2.24, 2.45) is 0 Å². The van der Waals surface area contributed by atoms with E-state index in [0.29, 0.717) is 23.9 Å². The molecule has 1 saturated carbocycles. The van der Waals surface area contributed by atoms with Crippen molar-refractivity contribution < 1.29 is 8.91 Å². The summed E-state index contributed by atoms with van der Waals surface area (Å²) in [6, 6.07) is 7.22. The molecule has 1 aliphatic rings. The Morgan fingerprint density at radius 2 is 2.17 bits per heavy atom. The van der Waals surface area contributed by atoms with Crippen LogP contribution >= 0.6 is 0 Å². The molecule has 1 N–H and O–H groups in total. The van der Waals surface area contributed by atoms with Crippen LogP contribution in [0.15, 0.2) is 28.8 Å². The van der Waals surface area contributed by atoms with E-state index < -0.39 is 0 Å². The molecule has 2 aromatic rings. The Morgan fingerprint density at radius 1 is 1.39 bits per heavy atom. The number of rotatable bonds is 4. The van der Waals surface area contributed by atoms with Crippen LogP contribution < -0.4 is 5.32 Å². The van der Waals surface area contributed by atoms with Crippen molar-refractivity contribution in [3.8, 4) is 11.3 Å². The second kappa shape index (κ2) is 4.53. The number of nitrogens with one attached hydrogen (secondary N) is 1. The van der Waals surface area contributed by atoms with Crippen molar-refractivity contribution in [2.45, 2.75) is 32.4 Å². The topological polar surface area (TPSA) is 38.1 Å². The van der Waals surface area contributed by atoms with Gasteiger partial charge in [-0.25, -0.2) is 4.39 Å². The van der Waals surface area contributed by atoms with E-state index in [4.69, 9.17) is 4.52 Å². The quantitative estimate of drug-likeness (QED) is 0.901. The van der Waals surface area contributed by atoms with Crippen molar-refractivity contribution in [2.75, 3.05) is 0 Å². The highest BCUT2D eigenvalue weighted by atomic mass is 19.1. The highest BCUT2D eigenvalue weighted by molar-refractivity contribution is 5.62. The fourth-order valence-corrected chi connectivity index (χ4v) is 1.96. The summed E-state index contributed by atoms with van der Waals surface area (Å²) in [7, 11) is 0. The average Bonchev–Trinajstić information content (AvgIpc) is 3.13. The lowest BCUT2D eigenvalue weighted by atomic mass is 10.1. The summed E-state index contributed by atoms with van der Waals surface area (Å²) in [5.41, 5.74) is 2.24. The van der Waals surface area contributed by atoms with E-state index in [0.717, 1.165) is 11.3 Å². The van der Waals surface area contributed by atoms with Gasteiger partial charge in [-0.3, -0.25) is 0 Å². The summed E-state index contributed by atoms with van der Waals surface area (Å²) in [5.74, 6) is 0.249. The van der Waals surface area contributed by atoms with Gasteiger partial charge >= 0.3 is 0 Å². The minimum Gasteiger partial charge on any atom is -0.356 e. The molecule has 0 spiro atoms. The third-order valence-electron chi connectivity index (χ3n) is 3.27. The molecule has 18 heavy (non-hydrogen) atoms. The molecule has 1 heterocycles. The Hall–Kier alpha value is -1.68. The average molecular weight is 246 g/mol. The zero-order valence-electron chi connectivity index (χ0n) is 10.2. The first kappa shape index (κ1) is 11.4. The molecule has 3 nitrogen and oxygen atoms in total. The van der Waals surface area contributed by atoms with Crippen LogP contribution in [0.4, 0.5) is 4.39 Å². The summed E-state index contributed by atoms with van der Waals surface area (Å²) in [5, 5.41) is 7.41. The van der Waals surface area contributed by atoms with Gasteiger partial charge in [-0.05, 0) is 31.9 Å². The van der Waals surface area contributed by atoms with Crippen LogP contribution in [-0.4, -0.2) is 11.2 Å². The van der Waals surface area contributed by atoms with Crippen molar-refractivity contribution >= 4 is 0 Å². The number of nitrogens with zero attached hydrogens (tertiary/aromatic N) is 1. The Morgan fingerprint density at radius 3 is 2.89 bits per heavy atom. The van der Waals surface area contributed by atoms with Crippen molar-refractivity contribution in [3.63, 3.8) is 0 Å². The molecule has 0 atom stereocenters. The number of hydrogen-bond donors (Lipinski definition) is 1. The van der Waals surface area contributed by atoms with Gasteiger partial charge in [0.2, 0.25) is 0 Å². The largest absolute Gasteiger partial charge is 0.356 e. The van der Waals surface area contributed by atoms with E-state index in [2.05, 4.69) is 10.5 Å². The smallest absolute Gasteiger partial charge is 0.173 e. The van der Waals surface area contributed by atoms with Gasteiger partial charge in [0.05, 0.1) is 5.56 Å². The van der Waals surface area contributed by atoms with Crippen LogP contribution in [0.1, 0.15) is 24.1 Å². The number of halogens is 1. The van der Waals surface area contributed by atoms with E-state index in [1.807, 2.05) is 6.92 Å². The third kappa shape index (κ3) is 2.16. The first-order valence-corrected chi connectivity index (χ1v) is 6.19. The Kier molecular flexibility index (Phi) is 2.88. The second-order valence-electron chi connectivity index (χ2n) is 4.72. The molecule has 4 heteroatoms. The minimum atomic E-state index is -0.279. The van der Waals surface area contributed by atoms with Crippen molar-refractivity contribution in [1.29, 1.82) is 0 Å². The number of benzene rings is 1. The molecule has 1 aromatic heterocycles. The molecule has 0 saturated heterocycles. The summed E-state index contributed by atoms with van der Waals surface area (Å²) in [6.07, 6.45) is 2.47. The molecule has 1 fully saturated rings. The first-order valence-electron chi connectivity index (χ1n) is 6.19. The van der Waals surface area contributed by atoms with Crippen LogP contribution in [0.5, 0.6) is 0 Å². The molecule has 0 amide bonds. The van der Waals surface area contributed by atoms with Gasteiger partial charge in [0.25, 0.3) is 0 Å². The maximum absolute atomic E-state index is 13.7. The van der Waals surface area contributed by atoms with Gasteiger partial charge in [0.15, 0.2) is 5.76 Å². The van der Waals surface area contributed by atoms with E-state index in [9.17, 15) is 4.39 Å². The fourth-order valence-electron chi connectivity index (χ4n) is 1.96. The van der Waals surface area contributed by atoms with Crippen molar-refractivity contribution in [1.82, 2.24) is 10.5 Å². The molecule has 94 valence electrons. The van der Waals surface area contributed by atoms with Crippen LogP contribution in [-0.2, 0) is 6.54 Å². The molecule has 0 bridgehead atoms. The molecule has 0 radical (unpaired) electrons. The van der Waals surface area contributed by atoms with Crippen molar-refractivity contribution in [3.05, 3.63) is 41.3 Å². The zero-order valence-corrected chi connectivity index (χ0v) is 10.2. The van der Waals surface area contributed by atoms with E-state index in [1.54, 1.807) is 18.2 Å². The van der Waals surface area contributed by atoms with Gasteiger partial charge in [-0.15, -0.1) is 0 Å². The van der Waals surface area contributed by atoms with E-state index in [-0.39, 0.29) is 5.82 Å². The molecule has 0 aliphatic heterocycles. The Labute approximate surface area is 105 Å². The maximum Gasteiger partial charge on any atom is 0.173 e. The summed E-state index contributed by atoms with van der Waals surface area (Å²) < 4.78 is 19.0. The second-order valence-corrected chi connectivity index (χ2v) is 4.72. The predicted octanol–water partition coefficient (Wildman–Crippen LogP) is 3.04. The van der Waals surface area contributed by atoms with E-state index >= 15 is 0 Å². The predicted molar refractivity (Wildman–Crippen MR) is 66.5 cm³/mol. The molecule has 0 unspecified atom stereocenters. The third-order valence-corrected chi connectivity index (χ3v) is 3.27. The van der Waals surface area contributed by atoms with Gasteiger partial charge < -0.3 is 9.84 Å². The molecule has 3 rings (SSSR count). The Balaban J connectivity index is 1.86. The van der Waals surface area contributed by atoms with Gasteiger partial charge in [-0.1, -0.05) is 17.3 Å². The van der Waals surface area contributed by atoms with Crippen LogP contribution in [0.3, 0.4) is 0 Å². The maximum atomic E-state index is 13.7. The van der Waals surface area contributed by atoms with Gasteiger partial charge in [-0.2, -0.15) is 0 Å². The first-order chi connectivity index (χ1) is 8.75. The molecule has 1 aliphatic carbocycles. The lowest BCUT2D eigenvalue weighted by Crippen LogP contribution is -2.16. The minimum absolute atomic E-state index is 0.279. The monoisotopic (exact) mass is 246 g/mol. The van der Waals surface area contributed by atoms with Crippen LogP contribution in [0, 0.1) is 12.7 Å². The lowest BCUT2D eigenvalue weighted by Gasteiger charge is -2.01.